The van der Waals surface area contributed by atoms with Crippen LogP contribution in [-0.2, 0) is 11.2 Å². The predicted molar refractivity (Wildman–Crippen MR) is 103 cm³/mol. The molecule has 4 heterocycles. The molecule has 1 fully saturated rings. The largest absolute Gasteiger partial charge is 0.486 e. The minimum absolute atomic E-state index is 0.430. The number of nitrogens with one attached hydrogen (secondary N) is 1. The minimum atomic E-state index is -0.442. The van der Waals surface area contributed by atoms with Crippen molar-refractivity contribution in [2.75, 3.05) is 31.3 Å². The number of amides is 1. The highest BCUT2D eigenvalue weighted by Crippen LogP contribution is 2.43. The van der Waals surface area contributed by atoms with Crippen molar-refractivity contribution >= 4 is 28.7 Å². The highest BCUT2D eigenvalue weighted by Gasteiger charge is 2.46. The van der Waals surface area contributed by atoms with E-state index in [4.69, 9.17) is 9.47 Å². The van der Waals surface area contributed by atoms with Crippen LogP contribution in [-0.4, -0.2) is 38.1 Å². The molecule has 6 nitrogen and oxygen atoms in total. The number of carbonyl (C=O) groups excluding carboxylic acids is 2. The summed E-state index contributed by atoms with van der Waals surface area (Å²) in [6.45, 7) is 2.46. The Hall–Kier alpha value is -2.38. The van der Waals surface area contributed by atoms with Crippen molar-refractivity contribution in [3.8, 4) is 11.5 Å². The maximum Gasteiger partial charge on any atom is 0.303 e. The molecule has 28 heavy (non-hydrogen) atoms. The Kier molecular flexibility index (Phi) is 3.58. The molecule has 4 aliphatic rings. The van der Waals surface area contributed by atoms with E-state index < -0.39 is 11.7 Å². The summed E-state index contributed by atoms with van der Waals surface area (Å²) < 4.78 is 11.3. The van der Waals surface area contributed by atoms with Crippen LogP contribution in [0.1, 0.15) is 39.7 Å². The van der Waals surface area contributed by atoms with E-state index in [1.54, 1.807) is 17.0 Å². The van der Waals surface area contributed by atoms with Gasteiger partial charge in [-0.2, -0.15) is 0 Å². The number of fused-ring (bicyclic) bond motifs is 3. The lowest BCUT2D eigenvalue weighted by Crippen LogP contribution is -3.15. The first-order valence-corrected chi connectivity index (χ1v) is 10.8. The van der Waals surface area contributed by atoms with Gasteiger partial charge < -0.3 is 14.4 Å². The number of benzene rings is 1. The maximum atomic E-state index is 12.8. The second-order valence-corrected chi connectivity index (χ2v) is 9.01. The Balaban J connectivity index is 1.35. The minimum Gasteiger partial charge on any atom is -0.486 e. The average molecular weight is 397 g/mol. The number of quaternary nitrogens is 1. The van der Waals surface area contributed by atoms with Crippen molar-refractivity contribution in [3.63, 3.8) is 0 Å². The molecular formula is C21H21N2O4S+. The molecule has 0 spiro atoms. The van der Waals surface area contributed by atoms with Crippen molar-refractivity contribution in [3.05, 3.63) is 39.6 Å². The summed E-state index contributed by atoms with van der Waals surface area (Å²) in [4.78, 5) is 30.0. The van der Waals surface area contributed by atoms with Crippen LogP contribution >= 0.6 is 11.3 Å². The highest BCUT2D eigenvalue weighted by molar-refractivity contribution is 7.10. The van der Waals surface area contributed by atoms with Crippen molar-refractivity contribution in [1.29, 1.82) is 0 Å². The molecule has 3 aliphatic heterocycles. The molecule has 0 radical (unpaired) electrons. The first-order valence-electron chi connectivity index (χ1n) is 9.91. The summed E-state index contributed by atoms with van der Waals surface area (Å²) in [5.74, 6) is 0.983. The molecule has 1 aromatic heterocycles. The fourth-order valence-electron chi connectivity index (χ4n) is 4.87. The van der Waals surface area contributed by atoms with Crippen LogP contribution in [0.15, 0.2) is 23.6 Å². The lowest BCUT2D eigenvalue weighted by Gasteiger charge is -2.35. The summed E-state index contributed by atoms with van der Waals surface area (Å²) >= 11 is 1.85. The van der Waals surface area contributed by atoms with Gasteiger partial charge >= 0.3 is 5.91 Å². The Morgan fingerprint density at radius 2 is 1.93 bits per heavy atom. The molecule has 0 saturated heterocycles. The van der Waals surface area contributed by atoms with E-state index in [1.165, 1.54) is 28.2 Å². The van der Waals surface area contributed by atoms with E-state index in [0.717, 1.165) is 13.0 Å². The van der Waals surface area contributed by atoms with Gasteiger partial charge in [-0.3, -0.25) is 14.5 Å². The third-order valence-electron chi connectivity index (χ3n) is 6.32. The van der Waals surface area contributed by atoms with Crippen LogP contribution in [0.2, 0.25) is 0 Å². The second kappa shape index (κ2) is 6.06. The molecule has 2 aromatic rings. The van der Waals surface area contributed by atoms with Gasteiger partial charge in [-0.1, -0.05) is 0 Å². The van der Waals surface area contributed by atoms with E-state index in [1.807, 2.05) is 11.3 Å². The van der Waals surface area contributed by atoms with Gasteiger partial charge in [0.05, 0.1) is 17.8 Å². The monoisotopic (exact) mass is 397 g/mol. The molecule has 6 rings (SSSR count). The van der Waals surface area contributed by atoms with Crippen LogP contribution in [0.25, 0.3) is 0 Å². The van der Waals surface area contributed by atoms with Crippen molar-refractivity contribution < 1.29 is 24.0 Å². The summed E-state index contributed by atoms with van der Waals surface area (Å²) in [7, 11) is 0. The fourth-order valence-corrected chi connectivity index (χ4v) is 5.79. The van der Waals surface area contributed by atoms with Gasteiger partial charge in [0.25, 0.3) is 5.78 Å². The molecule has 2 atom stereocenters. The number of ketones is 1. The average Bonchev–Trinajstić information content (AvgIpc) is 3.40. The van der Waals surface area contributed by atoms with Crippen LogP contribution in [0.4, 0.5) is 5.69 Å². The number of rotatable bonds is 3. The van der Waals surface area contributed by atoms with E-state index in [-0.39, 0.29) is 0 Å². The molecule has 1 N–H and O–H groups in total. The van der Waals surface area contributed by atoms with Gasteiger partial charge in [-0.05, 0) is 30.4 Å². The van der Waals surface area contributed by atoms with E-state index in [0.29, 0.717) is 54.6 Å². The zero-order valence-corrected chi connectivity index (χ0v) is 16.2. The normalized spacial score (nSPS) is 25.6. The smallest absolute Gasteiger partial charge is 0.303 e. The van der Waals surface area contributed by atoms with Gasteiger partial charge in [0.2, 0.25) is 0 Å². The molecule has 7 heteroatoms. The van der Waals surface area contributed by atoms with Crippen LogP contribution in [0.5, 0.6) is 11.5 Å². The quantitative estimate of drug-likeness (QED) is 0.800. The van der Waals surface area contributed by atoms with Crippen molar-refractivity contribution in [2.24, 2.45) is 5.92 Å². The molecule has 1 aromatic carbocycles. The number of thiophene rings is 1. The van der Waals surface area contributed by atoms with E-state index >= 15 is 0 Å². The van der Waals surface area contributed by atoms with Crippen LogP contribution in [0.3, 0.4) is 0 Å². The Morgan fingerprint density at radius 1 is 1.14 bits per heavy atom. The number of nitrogens with zero attached hydrogens (tertiary/aromatic N) is 1. The summed E-state index contributed by atoms with van der Waals surface area (Å²) in [6.07, 6.45) is 3.55. The molecule has 1 saturated carbocycles. The molecule has 1 aliphatic carbocycles. The van der Waals surface area contributed by atoms with Crippen molar-refractivity contribution in [2.45, 2.75) is 25.3 Å². The Bertz CT molecular complexity index is 996. The van der Waals surface area contributed by atoms with Gasteiger partial charge in [0, 0.05) is 28.8 Å². The molecular weight excluding hydrogens is 376 g/mol. The van der Waals surface area contributed by atoms with Gasteiger partial charge in [0.15, 0.2) is 18.2 Å². The predicted octanol–water partition coefficient (Wildman–Crippen LogP) is 1.60. The Labute approximate surface area is 166 Å². The highest BCUT2D eigenvalue weighted by atomic mass is 32.1. The lowest BCUT2D eigenvalue weighted by molar-refractivity contribution is -0.935. The number of hydrogen-bond acceptors (Lipinski definition) is 5. The lowest BCUT2D eigenvalue weighted by atomic mass is 9.96. The van der Waals surface area contributed by atoms with Crippen LogP contribution < -0.4 is 19.3 Å². The van der Waals surface area contributed by atoms with E-state index in [9.17, 15) is 9.59 Å². The number of ether oxygens (including phenoxy) is 2. The summed E-state index contributed by atoms with van der Waals surface area (Å²) in [5.41, 5.74) is 2.55. The second-order valence-electron chi connectivity index (χ2n) is 8.01. The number of Topliss-reactive ketones (excluding diaryl/α,β-unsaturated/α-hetero) is 1. The van der Waals surface area contributed by atoms with Crippen LogP contribution in [0, 0.1) is 5.92 Å². The van der Waals surface area contributed by atoms with Crippen molar-refractivity contribution in [1.82, 2.24) is 0 Å². The third kappa shape index (κ3) is 2.42. The Morgan fingerprint density at radius 3 is 2.71 bits per heavy atom. The SMILES string of the molecule is O=C1C(=O)N(C[NH+]2CCc3sccc3[C@@H]2C2CC2)c2cc3c(cc21)OCCO3. The zero-order valence-electron chi connectivity index (χ0n) is 15.4. The first kappa shape index (κ1) is 16.6. The summed E-state index contributed by atoms with van der Waals surface area (Å²) in [6, 6.07) is 6.16. The molecule has 0 bridgehead atoms. The number of anilines is 1. The maximum absolute atomic E-state index is 12.8. The van der Waals surface area contributed by atoms with Gasteiger partial charge in [0.1, 0.15) is 19.3 Å². The zero-order chi connectivity index (χ0) is 18.8. The molecule has 1 amide bonds. The molecule has 144 valence electrons. The number of carbonyl (C=O) groups is 2. The van der Waals surface area contributed by atoms with Gasteiger partial charge in [-0.25, -0.2) is 0 Å². The first-order chi connectivity index (χ1) is 13.7. The standard InChI is InChI=1S/C21H20N2O4S/c24-20-14-9-16-17(27-7-6-26-16)10-15(14)23(21(20)25)11-22-5-3-18-13(4-8-28-18)19(22)12-1-2-12/h4,8-10,12,19H,1-3,5-7,11H2/p+1/t19-/m0/s1. The number of hydrogen-bond donors (Lipinski definition) is 1. The topological polar surface area (TPSA) is 60.3 Å². The molecule has 1 unspecified atom stereocenters. The van der Waals surface area contributed by atoms with Gasteiger partial charge in [-0.15, -0.1) is 11.3 Å². The summed E-state index contributed by atoms with van der Waals surface area (Å²) in [5, 5.41) is 2.19. The van der Waals surface area contributed by atoms with E-state index in [2.05, 4.69) is 11.4 Å². The third-order valence-corrected chi connectivity index (χ3v) is 7.31. The fraction of sp³-hybridized carbons (Fsp3) is 0.429.